The van der Waals surface area contributed by atoms with Crippen LogP contribution in [0.5, 0.6) is 11.5 Å². The van der Waals surface area contributed by atoms with E-state index in [1.165, 1.54) is 0 Å². The monoisotopic (exact) mass is 418 g/mol. The van der Waals surface area contributed by atoms with Crippen LogP contribution >= 0.6 is 0 Å². The van der Waals surface area contributed by atoms with E-state index in [0.717, 1.165) is 35.8 Å². The molecule has 0 aliphatic rings. The SMILES string of the molecule is CC(C)(C)OC(=O)CCCCCOc1ccc2ccc(OCC[C@H](O)CO)cc2c1. The summed E-state index contributed by atoms with van der Waals surface area (Å²) in [6.45, 7) is 6.29. The van der Waals surface area contributed by atoms with E-state index in [-0.39, 0.29) is 12.6 Å². The van der Waals surface area contributed by atoms with Crippen LogP contribution in [0.3, 0.4) is 0 Å². The Labute approximate surface area is 178 Å². The maximum Gasteiger partial charge on any atom is 0.306 e. The summed E-state index contributed by atoms with van der Waals surface area (Å²) in [6.07, 6.45) is 2.63. The van der Waals surface area contributed by atoms with E-state index in [0.29, 0.717) is 31.8 Å². The predicted octanol–water partition coefficient (Wildman–Crippen LogP) is 4.24. The number of ether oxygens (including phenoxy) is 3. The molecule has 0 aliphatic heterocycles. The lowest BCUT2D eigenvalue weighted by Gasteiger charge is -2.19. The van der Waals surface area contributed by atoms with E-state index in [1.807, 2.05) is 57.2 Å². The average molecular weight is 419 g/mol. The number of hydrogen-bond donors (Lipinski definition) is 2. The molecule has 6 heteroatoms. The fourth-order valence-corrected chi connectivity index (χ4v) is 2.92. The van der Waals surface area contributed by atoms with Gasteiger partial charge >= 0.3 is 5.97 Å². The molecule has 0 saturated carbocycles. The van der Waals surface area contributed by atoms with Crippen molar-refractivity contribution in [2.75, 3.05) is 19.8 Å². The van der Waals surface area contributed by atoms with Gasteiger partial charge in [-0.05, 0) is 75.1 Å². The van der Waals surface area contributed by atoms with Crippen LogP contribution in [-0.2, 0) is 9.53 Å². The normalized spacial score (nSPS) is 12.6. The largest absolute Gasteiger partial charge is 0.494 e. The molecule has 6 nitrogen and oxygen atoms in total. The second kappa shape index (κ2) is 11.8. The lowest BCUT2D eigenvalue weighted by molar-refractivity contribution is -0.154. The quantitative estimate of drug-likeness (QED) is 0.396. The Kier molecular flexibility index (Phi) is 9.40. The molecule has 2 aromatic carbocycles. The van der Waals surface area contributed by atoms with Gasteiger partial charge in [0.25, 0.3) is 0 Å². The van der Waals surface area contributed by atoms with Crippen molar-refractivity contribution in [1.82, 2.24) is 0 Å². The summed E-state index contributed by atoms with van der Waals surface area (Å²) in [4.78, 5) is 11.7. The van der Waals surface area contributed by atoms with Crippen molar-refractivity contribution < 1.29 is 29.2 Å². The van der Waals surface area contributed by atoms with Crippen LogP contribution in [0.2, 0.25) is 0 Å². The van der Waals surface area contributed by atoms with Crippen molar-refractivity contribution in [3.63, 3.8) is 0 Å². The minimum absolute atomic E-state index is 0.151. The maximum absolute atomic E-state index is 11.7. The number of aliphatic hydroxyl groups is 2. The standard InChI is InChI=1S/C24H34O6/c1-24(2,3)30-23(27)7-5-4-6-13-28-21-10-8-18-9-11-22(16-19(18)15-21)29-14-12-20(26)17-25/h8-11,15-16,20,25-26H,4-7,12-14,17H2,1-3H3/t20-/m0/s1. The smallest absolute Gasteiger partial charge is 0.306 e. The molecule has 1 atom stereocenters. The summed E-state index contributed by atoms with van der Waals surface area (Å²) in [5, 5.41) is 20.3. The molecule has 0 amide bonds. The molecule has 2 aromatic rings. The number of carbonyl (C=O) groups is 1. The first-order valence-corrected chi connectivity index (χ1v) is 10.6. The van der Waals surface area contributed by atoms with Crippen molar-refractivity contribution in [3.05, 3.63) is 36.4 Å². The number of fused-ring (bicyclic) bond motifs is 1. The topological polar surface area (TPSA) is 85.2 Å². The van der Waals surface area contributed by atoms with Crippen molar-refractivity contribution in [3.8, 4) is 11.5 Å². The van der Waals surface area contributed by atoms with Gasteiger partial charge in [0.15, 0.2) is 0 Å². The first kappa shape index (κ1) is 24.0. The minimum Gasteiger partial charge on any atom is -0.494 e. The number of benzene rings is 2. The highest BCUT2D eigenvalue weighted by atomic mass is 16.6. The van der Waals surface area contributed by atoms with Crippen LogP contribution in [0, 0.1) is 0 Å². The van der Waals surface area contributed by atoms with Crippen molar-refractivity contribution in [1.29, 1.82) is 0 Å². The third-order valence-electron chi connectivity index (χ3n) is 4.43. The lowest BCUT2D eigenvalue weighted by atomic mass is 10.1. The summed E-state index contributed by atoms with van der Waals surface area (Å²) in [5.74, 6) is 1.36. The van der Waals surface area contributed by atoms with Crippen LogP contribution in [0.4, 0.5) is 0 Å². The Bertz CT molecular complexity index is 796. The van der Waals surface area contributed by atoms with E-state index in [9.17, 15) is 9.90 Å². The van der Waals surface area contributed by atoms with E-state index in [1.54, 1.807) is 0 Å². The van der Waals surface area contributed by atoms with Gasteiger partial charge in [-0.15, -0.1) is 0 Å². The van der Waals surface area contributed by atoms with Gasteiger partial charge in [0.2, 0.25) is 0 Å². The molecule has 0 heterocycles. The van der Waals surface area contributed by atoms with Crippen molar-refractivity contribution in [2.45, 2.75) is 64.6 Å². The number of rotatable bonds is 12. The highest BCUT2D eigenvalue weighted by molar-refractivity contribution is 5.85. The van der Waals surface area contributed by atoms with Gasteiger partial charge in [-0.1, -0.05) is 12.1 Å². The van der Waals surface area contributed by atoms with Crippen LogP contribution in [0.15, 0.2) is 36.4 Å². The number of aliphatic hydroxyl groups excluding tert-OH is 2. The Morgan fingerprint density at radius 1 is 0.933 bits per heavy atom. The molecule has 0 aliphatic carbocycles. The molecule has 0 saturated heterocycles. The Balaban J connectivity index is 1.74. The molecule has 166 valence electrons. The zero-order valence-electron chi connectivity index (χ0n) is 18.2. The van der Waals surface area contributed by atoms with E-state index < -0.39 is 11.7 Å². The maximum atomic E-state index is 11.7. The second-order valence-corrected chi connectivity index (χ2v) is 8.39. The molecule has 0 aromatic heterocycles. The third kappa shape index (κ3) is 9.01. The minimum atomic E-state index is -0.755. The summed E-state index contributed by atoms with van der Waals surface area (Å²) >= 11 is 0. The molecule has 0 radical (unpaired) electrons. The average Bonchev–Trinajstić information content (AvgIpc) is 2.68. The van der Waals surface area contributed by atoms with Crippen LogP contribution in [0.1, 0.15) is 52.9 Å². The summed E-state index contributed by atoms with van der Waals surface area (Å²) in [7, 11) is 0. The number of esters is 1. The van der Waals surface area contributed by atoms with Gasteiger partial charge in [0.05, 0.1) is 25.9 Å². The Hall–Kier alpha value is -2.31. The van der Waals surface area contributed by atoms with E-state index >= 15 is 0 Å². The van der Waals surface area contributed by atoms with E-state index in [4.69, 9.17) is 19.3 Å². The molecular weight excluding hydrogens is 384 g/mol. The second-order valence-electron chi connectivity index (χ2n) is 8.39. The lowest BCUT2D eigenvalue weighted by Crippen LogP contribution is -2.23. The molecular formula is C24H34O6. The predicted molar refractivity (Wildman–Crippen MR) is 117 cm³/mol. The van der Waals surface area contributed by atoms with Crippen LogP contribution in [0.25, 0.3) is 10.8 Å². The summed E-state index contributed by atoms with van der Waals surface area (Å²) < 4.78 is 16.8. The molecule has 0 fully saturated rings. The highest BCUT2D eigenvalue weighted by Gasteiger charge is 2.15. The molecule has 30 heavy (non-hydrogen) atoms. The van der Waals surface area contributed by atoms with Crippen molar-refractivity contribution >= 4 is 16.7 Å². The molecule has 0 spiro atoms. The molecule has 0 unspecified atom stereocenters. The van der Waals surface area contributed by atoms with E-state index in [2.05, 4.69) is 0 Å². The summed E-state index contributed by atoms with van der Waals surface area (Å²) in [6, 6.07) is 11.7. The van der Waals surface area contributed by atoms with Gasteiger partial charge in [-0.25, -0.2) is 0 Å². The third-order valence-corrected chi connectivity index (χ3v) is 4.43. The number of unbranched alkanes of at least 4 members (excludes halogenated alkanes) is 2. The Morgan fingerprint density at radius 2 is 1.57 bits per heavy atom. The highest BCUT2D eigenvalue weighted by Crippen LogP contribution is 2.25. The van der Waals surface area contributed by atoms with Gasteiger partial charge in [-0.2, -0.15) is 0 Å². The van der Waals surface area contributed by atoms with Gasteiger partial charge in [-0.3, -0.25) is 4.79 Å². The fraction of sp³-hybridized carbons (Fsp3) is 0.542. The van der Waals surface area contributed by atoms with Crippen LogP contribution in [-0.4, -0.2) is 47.7 Å². The number of hydrogen-bond acceptors (Lipinski definition) is 6. The molecule has 2 rings (SSSR count). The van der Waals surface area contributed by atoms with Gasteiger partial charge < -0.3 is 24.4 Å². The van der Waals surface area contributed by atoms with Gasteiger partial charge in [0.1, 0.15) is 17.1 Å². The first-order chi connectivity index (χ1) is 14.3. The zero-order valence-corrected chi connectivity index (χ0v) is 18.2. The molecule has 2 N–H and O–H groups in total. The zero-order chi connectivity index (χ0) is 22.0. The summed E-state index contributed by atoms with van der Waals surface area (Å²) in [5.41, 5.74) is -0.429. The molecule has 0 bridgehead atoms. The Morgan fingerprint density at radius 3 is 2.17 bits per heavy atom. The van der Waals surface area contributed by atoms with Gasteiger partial charge in [0, 0.05) is 12.8 Å². The van der Waals surface area contributed by atoms with Crippen LogP contribution < -0.4 is 9.47 Å². The number of carbonyl (C=O) groups excluding carboxylic acids is 1. The van der Waals surface area contributed by atoms with Crippen molar-refractivity contribution in [2.24, 2.45) is 0 Å². The first-order valence-electron chi connectivity index (χ1n) is 10.6. The fourth-order valence-electron chi connectivity index (χ4n) is 2.92.